The number of aromatic amines is 1. The molecule has 84 valence electrons. The van der Waals surface area contributed by atoms with Crippen molar-refractivity contribution in [1.82, 2.24) is 15.0 Å². The van der Waals surface area contributed by atoms with Gasteiger partial charge in [0, 0.05) is 18.0 Å². The first-order valence-corrected chi connectivity index (χ1v) is 5.61. The van der Waals surface area contributed by atoms with Crippen LogP contribution in [-0.2, 0) is 0 Å². The normalized spacial score (nSPS) is 10.9. The lowest BCUT2D eigenvalue weighted by Gasteiger charge is -1.96. The lowest BCUT2D eigenvalue weighted by Crippen LogP contribution is -1.83. The van der Waals surface area contributed by atoms with E-state index in [0.717, 1.165) is 28.0 Å². The number of benzene rings is 1. The number of fused-ring (bicyclic) bond motifs is 1. The van der Waals surface area contributed by atoms with Crippen LogP contribution >= 0.6 is 0 Å². The van der Waals surface area contributed by atoms with Gasteiger partial charge in [-0.1, -0.05) is 12.1 Å². The fraction of sp³-hybridized carbons (Fsp3) is 0.143. The van der Waals surface area contributed by atoms with Gasteiger partial charge in [-0.3, -0.25) is 4.98 Å². The molecule has 0 unspecified atom stereocenters. The number of aryl methyl sites for hydroxylation is 2. The van der Waals surface area contributed by atoms with Crippen molar-refractivity contribution < 1.29 is 0 Å². The quantitative estimate of drug-likeness (QED) is 0.688. The van der Waals surface area contributed by atoms with E-state index >= 15 is 0 Å². The molecule has 3 nitrogen and oxygen atoms in total. The Morgan fingerprint density at radius 2 is 2.00 bits per heavy atom. The molecule has 0 aliphatic heterocycles. The molecule has 17 heavy (non-hydrogen) atoms. The summed E-state index contributed by atoms with van der Waals surface area (Å²) in [5.41, 5.74) is 5.46. The Hall–Kier alpha value is -2.16. The highest BCUT2D eigenvalue weighted by molar-refractivity contribution is 5.82. The van der Waals surface area contributed by atoms with Gasteiger partial charge in [-0.2, -0.15) is 0 Å². The molecule has 0 radical (unpaired) electrons. The van der Waals surface area contributed by atoms with Gasteiger partial charge in [-0.25, -0.2) is 4.98 Å². The molecule has 0 fully saturated rings. The van der Waals surface area contributed by atoms with Gasteiger partial charge in [0.05, 0.1) is 11.0 Å². The van der Waals surface area contributed by atoms with Gasteiger partial charge in [0.1, 0.15) is 5.82 Å². The van der Waals surface area contributed by atoms with Gasteiger partial charge in [0.15, 0.2) is 0 Å². The van der Waals surface area contributed by atoms with Crippen molar-refractivity contribution in [1.29, 1.82) is 0 Å². The van der Waals surface area contributed by atoms with E-state index in [1.165, 1.54) is 5.56 Å². The molecule has 3 aromatic rings. The molecule has 0 aliphatic carbocycles. The Bertz CT molecular complexity index is 683. The number of hydrogen-bond acceptors (Lipinski definition) is 2. The van der Waals surface area contributed by atoms with E-state index in [1.807, 2.05) is 31.5 Å². The molecule has 0 amide bonds. The van der Waals surface area contributed by atoms with E-state index in [9.17, 15) is 0 Å². The number of rotatable bonds is 1. The molecule has 3 rings (SSSR count). The number of H-pyrrole nitrogens is 1. The number of nitrogens with zero attached hydrogens (tertiary/aromatic N) is 2. The molecule has 0 saturated heterocycles. The van der Waals surface area contributed by atoms with E-state index in [-0.39, 0.29) is 0 Å². The van der Waals surface area contributed by atoms with Crippen LogP contribution < -0.4 is 0 Å². The van der Waals surface area contributed by atoms with Crippen LogP contribution in [0.15, 0.2) is 36.7 Å². The van der Waals surface area contributed by atoms with Crippen molar-refractivity contribution in [3.05, 3.63) is 47.8 Å². The maximum absolute atomic E-state index is 4.63. The average molecular weight is 223 g/mol. The SMILES string of the molecule is Cc1cncc(-c2nc3c(C)cccc3[nH]2)c1. The third kappa shape index (κ3) is 1.69. The Labute approximate surface area is 99.5 Å². The van der Waals surface area contributed by atoms with Crippen molar-refractivity contribution in [2.75, 3.05) is 0 Å². The summed E-state index contributed by atoms with van der Waals surface area (Å²) in [7, 11) is 0. The summed E-state index contributed by atoms with van der Waals surface area (Å²) in [5, 5.41) is 0. The topological polar surface area (TPSA) is 41.6 Å². The molecule has 1 aromatic carbocycles. The summed E-state index contributed by atoms with van der Waals surface area (Å²) in [4.78, 5) is 12.2. The lowest BCUT2D eigenvalue weighted by molar-refractivity contribution is 1.24. The van der Waals surface area contributed by atoms with E-state index in [4.69, 9.17) is 0 Å². The molecular formula is C14H13N3. The van der Waals surface area contributed by atoms with Gasteiger partial charge < -0.3 is 4.98 Å². The molecule has 2 heterocycles. The van der Waals surface area contributed by atoms with Crippen LogP contribution in [0, 0.1) is 13.8 Å². The molecule has 0 saturated carbocycles. The monoisotopic (exact) mass is 223 g/mol. The molecule has 3 heteroatoms. The largest absolute Gasteiger partial charge is 0.338 e. The zero-order valence-corrected chi connectivity index (χ0v) is 9.86. The predicted octanol–water partition coefficient (Wildman–Crippen LogP) is 3.24. The molecule has 0 atom stereocenters. The molecule has 0 spiro atoms. The first-order valence-electron chi connectivity index (χ1n) is 5.61. The van der Waals surface area contributed by atoms with E-state index in [2.05, 4.69) is 34.0 Å². The maximum atomic E-state index is 4.63. The predicted molar refractivity (Wildman–Crippen MR) is 68.8 cm³/mol. The Balaban J connectivity index is 2.22. The smallest absolute Gasteiger partial charge is 0.140 e. The Morgan fingerprint density at radius 1 is 1.12 bits per heavy atom. The second kappa shape index (κ2) is 3.70. The zero-order valence-electron chi connectivity index (χ0n) is 9.86. The second-order valence-corrected chi connectivity index (χ2v) is 4.31. The van der Waals surface area contributed by atoms with Gasteiger partial charge in [-0.15, -0.1) is 0 Å². The lowest BCUT2D eigenvalue weighted by atomic mass is 10.2. The number of pyridine rings is 1. The van der Waals surface area contributed by atoms with Crippen LogP contribution in [0.4, 0.5) is 0 Å². The standard InChI is InChI=1S/C14H13N3/c1-9-6-11(8-15-7-9)14-16-12-5-3-4-10(2)13(12)17-14/h3-8H,1-2H3,(H,16,17). The van der Waals surface area contributed by atoms with Crippen LogP contribution in [0.25, 0.3) is 22.4 Å². The highest BCUT2D eigenvalue weighted by Crippen LogP contribution is 2.22. The fourth-order valence-electron chi connectivity index (χ4n) is 2.00. The summed E-state index contributed by atoms with van der Waals surface area (Å²) in [6, 6.07) is 8.23. The van der Waals surface area contributed by atoms with Gasteiger partial charge in [-0.05, 0) is 37.1 Å². The van der Waals surface area contributed by atoms with Crippen molar-refractivity contribution in [2.45, 2.75) is 13.8 Å². The average Bonchev–Trinajstić information content (AvgIpc) is 2.74. The summed E-state index contributed by atoms with van der Waals surface area (Å²) in [5.74, 6) is 0.880. The van der Waals surface area contributed by atoms with Crippen molar-refractivity contribution in [3.63, 3.8) is 0 Å². The number of para-hydroxylation sites is 1. The summed E-state index contributed by atoms with van der Waals surface area (Å²) in [6.07, 6.45) is 3.68. The fourth-order valence-corrected chi connectivity index (χ4v) is 2.00. The second-order valence-electron chi connectivity index (χ2n) is 4.31. The number of nitrogens with one attached hydrogen (secondary N) is 1. The number of hydrogen-bond donors (Lipinski definition) is 1. The number of aromatic nitrogens is 3. The summed E-state index contributed by atoms with van der Waals surface area (Å²) in [6.45, 7) is 4.10. The third-order valence-corrected chi connectivity index (χ3v) is 2.86. The van der Waals surface area contributed by atoms with Crippen LogP contribution in [0.3, 0.4) is 0 Å². The van der Waals surface area contributed by atoms with Crippen LogP contribution in [0.2, 0.25) is 0 Å². The zero-order chi connectivity index (χ0) is 11.8. The molecular weight excluding hydrogens is 210 g/mol. The summed E-state index contributed by atoms with van der Waals surface area (Å²) < 4.78 is 0. The first-order chi connectivity index (χ1) is 8.24. The van der Waals surface area contributed by atoms with E-state index in [0.29, 0.717) is 0 Å². The van der Waals surface area contributed by atoms with E-state index in [1.54, 1.807) is 0 Å². The molecule has 0 aliphatic rings. The number of imidazole rings is 1. The molecule has 1 N–H and O–H groups in total. The van der Waals surface area contributed by atoms with Gasteiger partial charge >= 0.3 is 0 Å². The minimum Gasteiger partial charge on any atom is -0.338 e. The maximum Gasteiger partial charge on any atom is 0.140 e. The van der Waals surface area contributed by atoms with Crippen molar-refractivity contribution in [2.24, 2.45) is 0 Å². The van der Waals surface area contributed by atoms with Gasteiger partial charge in [0.25, 0.3) is 0 Å². The summed E-state index contributed by atoms with van der Waals surface area (Å²) >= 11 is 0. The first kappa shape index (κ1) is 10.0. The van der Waals surface area contributed by atoms with Crippen molar-refractivity contribution >= 4 is 11.0 Å². The van der Waals surface area contributed by atoms with Crippen LogP contribution in [0.5, 0.6) is 0 Å². The highest BCUT2D eigenvalue weighted by Gasteiger charge is 2.06. The minimum atomic E-state index is 0.880. The molecule has 0 bridgehead atoms. The van der Waals surface area contributed by atoms with Gasteiger partial charge in [0.2, 0.25) is 0 Å². The Kier molecular flexibility index (Phi) is 2.18. The van der Waals surface area contributed by atoms with Crippen molar-refractivity contribution in [3.8, 4) is 11.4 Å². The minimum absolute atomic E-state index is 0.880. The third-order valence-electron chi connectivity index (χ3n) is 2.86. The van der Waals surface area contributed by atoms with Crippen LogP contribution in [0.1, 0.15) is 11.1 Å². The molecule has 2 aromatic heterocycles. The van der Waals surface area contributed by atoms with E-state index < -0.39 is 0 Å². The van der Waals surface area contributed by atoms with Crippen LogP contribution in [-0.4, -0.2) is 15.0 Å². The Morgan fingerprint density at radius 3 is 2.76 bits per heavy atom. The highest BCUT2D eigenvalue weighted by atomic mass is 14.9.